The van der Waals surface area contributed by atoms with Gasteiger partial charge in [0.05, 0.1) is 19.0 Å². The third-order valence-corrected chi connectivity index (χ3v) is 9.75. The Morgan fingerprint density at radius 1 is 1.09 bits per heavy atom. The van der Waals surface area contributed by atoms with Crippen molar-refractivity contribution in [3.8, 4) is 5.75 Å². The van der Waals surface area contributed by atoms with E-state index in [-0.39, 0.29) is 16.7 Å². The molecule has 0 aliphatic heterocycles. The van der Waals surface area contributed by atoms with Gasteiger partial charge in [0, 0.05) is 16.7 Å². The maximum absolute atomic E-state index is 12.0. The molecule has 0 heterocycles. The Kier molecular flexibility index (Phi) is 4.78. The molecular weight excluding hydrogens is 408 g/mol. The third-order valence-electron chi connectivity index (χ3n) is 9.75. The molecule has 2 aromatic carbocycles. The first-order valence-corrected chi connectivity index (χ1v) is 12.4. The van der Waals surface area contributed by atoms with Crippen LogP contribution in [0, 0.1) is 22.7 Å². The first-order valence-electron chi connectivity index (χ1n) is 12.4. The average Bonchev–Trinajstić information content (AvgIpc) is 3.20. The van der Waals surface area contributed by atoms with E-state index < -0.39 is 5.60 Å². The number of fused-ring (bicyclic) bond motifs is 3. The number of rotatable bonds is 5. The molecule has 0 unspecified atom stereocenters. The highest BCUT2D eigenvalue weighted by Crippen LogP contribution is 2.76. The van der Waals surface area contributed by atoms with Crippen LogP contribution < -0.4 is 4.74 Å². The number of hydrogen-bond donors (Lipinski definition) is 1. The minimum Gasteiger partial charge on any atom is -0.497 e. The van der Waals surface area contributed by atoms with Gasteiger partial charge in [-0.3, -0.25) is 0 Å². The van der Waals surface area contributed by atoms with Gasteiger partial charge in [-0.05, 0) is 78.8 Å². The van der Waals surface area contributed by atoms with E-state index in [0.29, 0.717) is 18.4 Å². The largest absolute Gasteiger partial charge is 0.497 e. The number of allylic oxidation sites excluding steroid dienone is 1. The van der Waals surface area contributed by atoms with Crippen molar-refractivity contribution in [1.82, 2.24) is 0 Å². The molecule has 172 valence electrons. The van der Waals surface area contributed by atoms with Gasteiger partial charge in [-0.1, -0.05) is 55.5 Å². The summed E-state index contributed by atoms with van der Waals surface area (Å²) in [6.45, 7) is 2.91. The summed E-state index contributed by atoms with van der Waals surface area (Å²) in [5, 5.41) is 12.0. The molecule has 2 aromatic rings. The smallest absolute Gasteiger partial charge is 0.119 e. The molecule has 3 heteroatoms. The molecule has 4 aliphatic rings. The number of benzene rings is 2. The second kappa shape index (κ2) is 7.50. The van der Waals surface area contributed by atoms with Gasteiger partial charge in [-0.25, -0.2) is 0 Å². The monoisotopic (exact) mass is 442 g/mol. The van der Waals surface area contributed by atoms with Gasteiger partial charge < -0.3 is 14.6 Å². The second-order valence-electron chi connectivity index (χ2n) is 10.8. The molecule has 0 spiro atoms. The molecule has 0 saturated heterocycles. The van der Waals surface area contributed by atoms with Crippen LogP contribution in [0.25, 0.3) is 0 Å². The van der Waals surface area contributed by atoms with E-state index in [4.69, 9.17) is 9.47 Å². The Morgan fingerprint density at radius 3 is 2.76 bits per heavy atom. The number of ether oxygens (including phenoxy) is 2. The van der Waals surface area contributed by atoms with Crippen molar-refractivity contribution in [2.24, 2.45) is 22.7 Å². The van der Waals surface area contributed by atoms with Crippen LogP contribution in [-0.2, 0) is 17.8 Å². The minimum absolute atomic E-state index is 0.0523. The van der Waals surface area contributed by atoms with Crippen LogP contribution in [0.4, 0.5) is 0 Å². The van der Waals surface area contributed by atoms with Crippen LogP contribution in [0.3, 0.4) is 0 Å². The van der Waals surface area contributed by atoms with Crippen molar-refractivity contribution in [2.45, 2.75) is 57.2 Å². The fourth-order valence-electron chi connectivity index (χ4n) is 8.00. The van der Waals surface area contributed by atoms with Crippen molar-refractivity contribution >= 4 is 0 Å². The van der Waals surface area contributed by atoms with Gasteiger partial charge in [0.15, 0.2) is 0 Å². The summed E-state index contributed by atoms with van der Waals surface area (Å²) in [6, 6.07) is 16.9. The lowest BCUT2D eigenvalue weighted by atomic mass is 9.48. The summed E-state index contributed by atoms with van der Waals surface area (Å²) < 4.78 is 11.4. The summed E-state index contributed by atoms with van der Waals surface area (Å²) in [6.07, 6.45) is 14.0. The predicted molar refractivity (Wildman–Crippen MR) is 130 cm³/mol. The summed E-state index contributed by atoms with van der Waals surface area (Å²) in [4.78, 5) is 0. The van der Waals surface area contributed by atoms with E-state index >= 15 is 0 Å². The number of methoxy groups -OCH3 is 1. The first kappa shape index (κ1) is 21.0. The average molecular weight is 443 g/mol. The van der Waals surface area contributed by atoms with Crippen molar-refractivity contribution in [3.05, 3.63) is 89.7 Å². The molecule has 33 heavy (non-hydrogen) atoms. The molecule has 6 rings (SSSR count). The van der Waals surface area contributed by atoms with E-state index in [1.807, 2.05) is 24.5 Å². The van der Waals surface area contributed by atoms with E-state index in [2.05, 4.69) is 55.5 Å². The minimum atomic E-state index is -0.787. The number of hydrogen-bond acceptors (Lipinski definition) is 3. The van der Waals surface area contributed by atoms with Crippen molar-refractivity contribution < 1.29 is 14.6 Å². The number of aliphatic hydroxyl groups is 1. The highest BCUT2D eigenvalue weighted by molar-refractivity contribution is 5.45. The highest BCUT2D eigenvalue weighted by Gasteiger charge is 2.73. The molecule has 0 radical (unpaired) electrons. The summed E-state index contributed by atoms with van der Waals surface area (Å²) >= 11 is 0. The fraction of sp³-hybridized carbons (Fsp3) is 0.467. The Hall–Kier alpha value is -2.52. The van der Waals surface area contributed by atoms with Crippen LogP contribution in [0.15, 0.2) is 73.0 Å². The molecule has 2 bridgehead atoms. The zero-order valence-electron chi connectivity index (χ0n) is 19.7. The lowest BCUT2D eigenvalue weighted by Gasteiger charge is -2.56. The van der Waals surface area contributed by atoms with Crippen LogP contribution >= 0.6 is 0 Å². The quantitative estimate of drug-likeness (QED) is 0.444. The molecule has 0 aromatic heterocycles. The maximum atomic E-state index is 12.0. The molecule has 1 N–H and O–H groups in total. The van der Waals surface area contributed by atoms with Gasteiger partial charge in [0.1, 0.15) is 12.4 Å². The summed E-state index contributed by atoms with van der Waals surface area (Å²) in [5.41, 5.74) is 3.28. The second-order valence-corrected chi connectivity index (χ2v) is 10.8. The topological polar surface area (TPSA) is 38.7 Å². The van der Waals surface area contributed by atoms with Gasteiger partial charge in [-0.15, -0.1) is 0 Å². The zero-order valence-corrected chi connectivity index (χ0v) is 19.7. The zero-order chi connectivity index (χ0) is 22.7. The molecule has 4 aliphatic carbocycles. The van der Waals surface area contributed by atoms with Crippen LogP contribution in [0.2, 0.25) is 0 Å². The highest BCUT2D eigenvalue weighted by atomic mass is 16.5. The molecule has 0 amide bonds. The van der Waals surface area contributed by atoms with Gasteiger partial charge in [0.2, 0.25) is 0 Å². The van der Waals surface area contributed by atoms with Gasteiger partial charge in [-0.2, -0.15) is 0 Å². The molecule has 2 saturated carbocycles. The van der Waals surface area contributed by atoms with Crippen LogP contribution in [0.5, 0.6) is 5.75 Å². The predicted octanol–water partition coefficient (Wildman–Crippen LogP) is 6.18. The van der Waals surface area contributed by atoms with Gasteiger partial charge >= 0.3 is 0 Å². The Balaban J connectivity index is 1.26. The van der Waals surface area contributed by atoms with Crippen molar-refractivity contribution in [3.63, 3.8) is 0 Å². The van der Waals surface area contributed by atoms with Gasteiger partial charge in [0.25, 0.3) is 0 Å². The van der Waals surface area contributed by atoms with Crippen molar-refractivity contribution in [2.75, 3.05) is 7.11 Å². The lowest BCUT2D eigenvalue weighted by molar-refractivity contribution is -0.0935. The molecule has 6 atom stereocenters. The Bertz CT molecular complexity index is 1100. The molecule has 3 nitrogen and oxygen atoms in total. The van der Waals surface area contributed by atoms with Crippen LogP contribution in [-0.4, -0.2) is 17.8 Å². The molecular formula is C30H34O3. The standard InChI is InChI=1S/C30H34O3/c1-28-14-12-26-25-10-9-24(32-2)18-22(25)8-11-27(26)29(28)15-16-30(28,31)23(19-29)13-17-33-20-21-6-4-3-5-7-21/h3-7,9-10,13,15-18,23,26-27,31H,8,11-12,14,19-20H2,1-2H3/b17-13-/t23-,26-,27-,28+,29+,30+/m1/s1. The van der Waals surface area contributed by atoms with E-state index in [0.717, 1.165) is 37.0 Å². The Morgan fingerprint density at radius 2 is 1.94 bits per heavy atom. The maximum Gasteiger partial charge on any atom is 0.119 e. The SMILES string of the molecule is COc1ccc2c(c1)CC[C@@H]1[C@@H]2CC[C@@]2(C)[C@]13C=C[C@]2(O)[C@H](/C=C\OCc1ccccc1)C3. The summed E-state index contributed by atoms with van der Waals surface area (Å²) in [7, 11) is 1.75. The fourth-order valence-corrected chi connectivity index (χ4v) is 8.00. The third kappa shape index (κ3) is 2.84. The van der Waals surface area contributed by atoms with E-state index in [1.165, 1.54) is 17.5 Å². The van der Waals surface area contributed by atoms with Crippen molar-refractivity contribution in [1.29, 1.82) is 0 Å². The summed E-state index contributed by atoms with van der Waals surface area (Å²) in [5.74, 6) is 2.20. The first-order chi connectivity index (χ1) is 16.0. The van der Waals surface area contributed by atoms with E-state index in [9.17, 15) is 5.11 Å². The van der Waals surface area contributed by atoms with E-state index in [1.54, 1.807) is 7.11 Å². The lowest BCUT2D eigenvalue weighted by Crippen LogP contribution is -2.53. The normalized spacial score (nSPS) is 38.1. The number of aryl methyl sites for hydroxylation is 1. The molecule has 2 fully saturated rings. The Labute approximate surface area is 197 Å². The van der Waals surface area contributed by atoms with Crippen LogP contribution in [0.1, 0.15) is 55.2 Å².